The molecule has 0 aliphatic heterocycles. The van der Waals surface area contributed by atoms with E-state index < -0.39 is 0 Å². The van der Waals surface area contributed by atoms with Gasteiger partial charge in [-0.2, -0.15) is 0 Å². The summed E-state index contributed by atoms with van der Waals surface area (Å²) in [7, 11) is 0. The Balaban J connectivity index is 2.16. The van der Waals surface area contributed by atoms with Crippen LogP contribution in [0.2, 0.25) is 0 Å². The third-order valence-corrected chi connectivity index (χ3v) is 3.94. The zero-order valence-electron chi connectivity index (χ0n) is 12.5. The van der Waals surface area contributed by atoms with E-state index in [1.165, 1.54) is 16.9 Å². The molecule has 0 fully saturated rings. The maximum absolute atomic E-state index is 11.6. The molecule has 0 radical (unpaired) electrons. The van der Waals surface area contributed by atoms with Gasteiger partial charge >= 0.3 is 0 Å². The molecule has 5 heteroatoms. The Hall–Kier alpha value is -1.88. The maximum Gasteiger partial charge on any atom is 0.226 e. The largest absolute Gasteiger partial charge is 0.389 e. The van der Waals surface area contributed by atoms with Crippen molar-refractivity contribution < 1.29 is 4.79 Å². The Bertz CT molecular complexity index is 604. The van der Waals surface area contributed by atoms with Crippen molar-refractivity contribution in [3.8, 4) is 11.3 Å². The molecule has 112 valence electrons. The fraction of sp³-hybridized carbons (Fsp3) is 0.375. The van der Waals surface area contributed by atoms with E-state index in [0.717, 1.165) is 30.5 Å². The second-order valence-electron chi connectivity index (χ2n) is 4.98. The fourth-order valence-electron chi connectivity index (χ4n) is 2.12. The van der Waals surface area contributed by atoms with E-state index in [4.69, 9.17) is 5.73 Å². The van der Waals surface area contributed by atoms with Gasteiger partial charge in [0.05, 0.1) is 0 Å². The van der Waals surface area contributed by atoms with Crippen LogP contribution in [0.5, 0.6) is 0 Å². The maximum atomic E-state index is 11.6. The smallest absolute Gasteiger partial charge is 0.226 e. The molecule has 0 unspecified atom stereocenters. The first kappa shape index (κ1) is 15.5. The highest BCUT2D eigenvalue weighted by atomic mass is 32.1. The van der Waals surface area contributed by atoms with Crippen LogP contribution in [0.25, 0.3) is 11.3 Å². The summed E-state index contributed by atoms with van der Waals surface area (Å²) in [5.74, 6) is -0.0175. The minimum Gasteiger partial charge on any atom is -0.389 e. The summed E-state index contributed by atoms with van der Waals surface area (Å²) in [4.78, 5) is 16.0. The summed E-state index contributed by atoms with van der Waals surface area (Å²) >= 11 is 1.31. The van der Waals surface area contributed by atoms with Gasteiger partial charge in [0.25, 0.3) is 0 Å². The molecule has 0 saturated heterocycles. The van der Waals surface area contributed by atoms with Gasteiger partial charge in [-0.15, -0.1) is 0 Å². The van der Waals surface area contributed by atoms with Gasteiger partial charge in [-0.05, 0) is 18.4 Å². The molecule has 1 aromatic carbocycles. The van der Waals surface area contributed by atoms with Crippen molar-refractivity contribution in [2.24, 2.45) is 0 Å². The predicted molar refractivity (Wildman–Crippen MR) is 89.5 cm³/mol. The quantitative estimate of drug-likeness (QED) is 0.844. The summed E-state index contributed by atoms with van der Waals surface area (Å²) in [6, 6.07) is 8.28. The highest BCUT2D eigenvalue weighted by Crippen LogP contribution is 2.33. The molecule has 2 rings (SSSR count). The van der Waals surface area contributed by atoms with E-state index in [0.29, 0.717) is 16.6 Å². The summed E-state index contributed by atoms with van der Waals surface area (Å²) in [5.41, 5.74) is 9.07. The van der Waals surface area contributed by atoms with Crippen LogP contribution in [0.1, 0.15) is 38.7 Å². The van der Waals surface area contributed by atoms with Gasteiger partial charge in [0.2, 0.25) is 5.91 Å². The topological polar surface area (TPSA) is 68.0 Å². The highest BCUT2D eigenvalue weighted by molar-refractivity contribution is 7.20. The van der Waals surface area contributed by atoms with Gasteiger partial charge in [0.1, 0.15) is 10.7 Å². The lowest BCUT2D eigenvalue weighted by atomic mass is 10.1. The number of carbonyl (C=O) groups is 1. The summed E-state index contributed by atoms with van der Waals surface area (Å²) in [6.07, 6.45) is 3.52. The van der Waals surface area contributed by atoms with E-state index in [1.54, 1.807) is 0 Å². The Morgan fingerprint density at radius 3 is 2.57 bits per heavy atom. The van der Waals surface area contributed by atoms with Gasteiger partial charge in [0, 0.05) is 12.0 Å². The van der Waals surface area contributed by atoms with E-state index in [1.807, 2.05) is 19.1 Å². The number of rotatable bonds is 6. The number of anilines is 2. The van der Waals surface area contributed by atoms with Crippen molar-refractivity contribution in [2.45, 2.75) is 39.5 Å². The van der Waals surface area contributed by atoms with E-state index in [2.05, 4.69) is 29.4 Å². The Labute approximate surface area is 129 Å². The number of aryl methyl sites for hydroxylation is 1. The lowest BCUT2D eigenvalue weighted by Gasteiger charge is -2.02. The number of aromatic nitrogens is 1. The standard InChI is InChI=1S/C16H21N3OS/c1-3-5-11-7-9-12(10-8-11)14-15(17)21-16(19-14)18-13(20)6-4-2/h7-10H,3-6,17H2,1-2H3,(H,18,19,20). The molecule has 2 aromatic rings. The van der Waals surface area contributed by atoms with E-state index in [9.17, 15) is 4.79 Å². The number of carbonyl (C=O) groups excluding carboxylic acids is 1. The molecule has 0 atom stereocenters. The number of hydrogen-bond donors (Lipinski definition) is 2. The van der Waals surface area contributed by atoms with Crippen LogP contribution in [0.3, 0.4) is 0 Å². The molecule has 1 heterocycles. The summed E-state index contributed by atoms with van der Waals surface area (Å²) in [6.45, 7) is 4.14. The normalized spacial score (nSPS) is 10.6. The average molecular weight is 303 g/mol. The highest BCUT2D eigenvalue weighted by Gasteiger charge is 2.12. The SMILES string of the molecule is CCCC(=O)Nc1nc(-c2ccc(CCC)cc2)c(N)s1. The van der Waals surface area contributed by atoms with Crippen LogP contribution in [0, 0.1) is 0 Å². The van der Waals surface area contributed by atoms with Crippen LogP contribution in [-0.4, -0.2) is 10.9 Å². The van der Waals surface area contributed by atoms with Gasteiger partial charge < -0.3 is 11.1 Å². The third-order valence-electron chi connectivity index (χ3n) is 3.14. The molecule has 0 aliphatic rings. The van der Waals surface area contributed by atoms with Gasteiger partial charge in [0.15, 0.2) is 5.13 Å². The predicted octanol–water partition coefficient (Wildman–Crippen LogP) is 4.08. The molecule has 0 saturated carbocycles. The second-order valence-corrected chi connectivity index (χ2v) is 6.01. The lowest BCUT2D eigenvalue weighted by molar-refractivity contribution is -0.116. The van der Waals surface area contributed by atoms with Gasteiger partial charge in [-0.25, -0.2) is 4.98 Å². The zero-order valence-corrected chi connectivity index (χ0v) is 13.3. The van der Waals surface area contributed by atoms with Crippen molar-refractivity contribution in [1.29, 1.82) is 0 Å². The third kappa shape index (κ3) is 4.04. The first-order chi connectivity index (χ1) is 10.1. The number of nitrogens with one attached hydrogen (secondary N) is 1. The number of nitrogens with zero attached hydrogens (tertiary/aromatic N) is 1. The molecular weight excluding hydrogens is 282 g/mol. The summed E-state index contributed by atoms with van der Waals surface area (Å²) in [5, 5.41) is 3.99. The van der Waals surface area contributed by atoms with Crippen LogP contribution >= 0.6 is 11.3 Å². The molecular formula is C16H21N3OS. The lowest BCUT2D eigenvalue weighted by Crippen LogP contribution is -2.10. The fourth-order valence-corrected chi connectivity index (χ4v) is 2.89. The number of benzene rings is 1. The molecule has 4 nitrogen and oxygen atoms in total. The first-order valence-electron chi connectivity index (χ1n) is 7.29. The Morgan fingerprint density at radius 1 is 1.24 bits per heavy atom. The summed E-state index contributed by atoms with van der Waals surface area (Å²) < 4.78 is 0. The van der Waals surface area contributed by atoms with Crippen molar-refractivity contribution in [3.63, 3.8) is 0 Å². The molecule has 21 heavy (non-hydrogen) atoms. The van der Waals surface area contributed by atoms with Crippen molar-refractivity contribution in [1.82, 2.24) is 4.98 Å². The van der Waals surface area contributed by atoms with Crippen LogP contribution < -0.4 is 11.1 Å². The minimum absolute atomic E-state index is 0.0175. The van der Waals surface area contributed by atoms with Gasteiger partial charge in [-0.1, -0.05) is 55.9 Å². The van der Waals surface area contributed by atoms with E-state index in [-0.39, 0.29) is 5.91 Å². The molecule has 1 aromatic heterocycles. The van der Waals surface area contributed by atoms with Crippen molar-refractivity contribution in [3.05, 3.63) is 29.8 Å². The number of hydrogen-bond acceptors (Lipinski definition) is 4. The van der Waals surface area contributed by atoms with E-state index >= 15 is 0 Å². The number of thiazole rings is 1. The Kier molecular flexibility index (Phi) is 5.33. The van der Waals surface area contributed by atoms with Crippen LogP contribution in [-0.2, 0) is 11.2 Å². The number of amides is 1. The zero-order chi connectivity index (χ0) is 15.2. The molecule has 0 spiro atoms. The molecule has 1 amide bonds. The van der Waals surface area contributed by atoms with Crippen molar-refractivity contribution >= 4 is 27.4 Å². The molecule has 0 bridgehead atoms. The number of nitrogen functional groups attached to an aromatic ring is 1. The minimum atomic E-state index is -0.0175. The monoisotopic (exact) mass is 303 g/mol. The Morgan fingerprint density at radius 2 is 1.95 bits per heavy atom. The second kappa shape index (κ2) is 7.22. The molecule has 3 N–H and O–H groups in total. The van der Waals surface area contributed by atoms with Crippen LogP contribution in [0.15, 0.2) is 24.3 Å². The van der Waals surface area contributed by atoms with Gasteiger partial charge in [-0.3, -0.25) is 4.79 Å². The van der Waals surface area contributed by atoms with Crippen LogP contribution in [0.4, 0.5) is 10.1 Å². The molecule has 0 aliphatic carbocycles. The van der Waals surface area contributed by atoms with Crippen molar-refractivity contribution in [2.75, 3.05) is 11.1 Å². The number of nitrogens with two attached hydrogens (primary N) is 1. The average Bonchev–Trinajstić information content (AvgIpc) is 2.81. The first-order valence-corrected chi connectivity index (χ1v) is 8.11.